The van der Waals surface area contributed by atoms with E-state index in [9.17, 15) is 4.79 Å². The fourth-order valence-corrected chi connectivity index (χ4v) is 1.53. The Morgan fingerprint density at radius 2 is 2.11 bits per heavy atom. The van der Waals surface area contributed by atoms with Gasteiger partial charge in [-0.2, -0.15) is 5.10 Å². The lowest BCUT2D eigenvalue weighted by Crippen LogP contribution is -2.44. The summed E-state index contributed by atoms with van der Waals surface area (Å²) in [5.41, 5.74) is 0.769. The van der Waals surface area contributed by atoms with Crippen LogP contribution >= 0.6 is 0 Å². The van der Waals surface area contributed by atoms with E-state index in [1.54, 1.807) is 0 Å². The molecular weight excluding hydrogens is 228 g/mol. The predicted molar refractivity (Wildman–Crippen MR) is 72.2 cm³/mol. The van der Waals surface area contributed by atoms with Crippen LogP contribution in [0.1, 0.15) is 46.4 Å². The predicted octanol–water partition coefficient (Wildman–Crippen LogP) is 1.47. The number of aromatic nitrogens is 2. The first kappa shape index (κ1) is 14.7. The molecule has 0 spiro atoms. The van der Waals surface area contributed by atoms with Crippen molar-refractivity contribution in [3.8, 4) is 0 Å². The minimum Gasteiger partial charge on any atom is -0.350 e. The van der Waals surface area contributed by atoms with E-state index < -0.39 is 0 Å². The third-order valence-electron chi connectivity index (χ3n) is 2.30. The quantitative estimate of drug-likeness (QED) is 0.834. The first-order valence-corrected chi connectivity index (χ1v) is 6.34. The molecule has 0 bridgehead atoms. The van der Waals surface area contributed by atoms with E-state index in [4.69, 9.17) is 0 Å². The Hall–Kier alpha value is -1.36. The van der Waals surface area contributed by atoms with Crippen LogP contribution in [0, 0.1) is 0 Å². The number of rotatable bonds is 5. The molecule has 1 aromatic heterocycles. The van der Waals surface area contributed by atoms with Gasteiger partial charge in [0.15, 0.2) is 0 Å². The zero-order valence-corrected chi connectivity index (χ0v) is 11.9. The van der Waals surface area contributed by atoms with Gasteiger partial charge in [-0.15, -0.1) is 0 Å². The molecule has 0 saturated heterocycles. The van der Waals surface area contributed by atoms with Crippen molar-refractivity contribution in [2.75, 3.05) is 6.54 Å². The van der Waals surface area contributed by atoms with Gasteiger partial charge in [0, 0.05) is 24.3 Å². The lowest BCUT2D eigenvalue weighted by molar-refractivity contribution is -0.121. The molecule has 5 nitrogen and oxygen atoms in total. The summed E-state index contributed by atoms with van der Waals surface area (Å²) < 4.78 is 1.91. The van der Waals surface area contributed by atoms with Gasteiger partial charge in [-0.1, -0.05) is 0 Å². The van der Waals surface area contributed by atoms with Gasteiger partial charge in [0.2, 0.25) is 5.91 Å². The molecule has 0 fully saturated rings. The first-order valence-electron chi connectivity index (χ1n) is 6.34. The van der Waals surface area contributed by atoms with Gasteiger partial charge in [-0.3, -0.25) is 9.48 Å². The summed E-state index contributed by atoms with van der Waals surface area (Å²) in [6, 6.07) is 2.33. The summed E-state index contributed by atoms with van der Waals surface area (Å²) in [5.74, 6) is 0.00536. The highest BCUT2D eigenvalue weighted by Gasteiger charge is 2.13. The number of nitrogens with one attached hydrogen (secondary N) is 2. The monoisotopic (exact) mass is 252 g/mol. The van der Waals surface area contributed by atoms with Crippen molar-refractivity contribution >= 4 is 5.91 Å². The second-order valence-corrected chi connectivity index (χ2v) is 5.78. The Kier molecular flexibility index (Phi) is 4.90. The van der Waals surface area contributed by atoms with E-state index in [1.165, 1.54) is 0 Å². The topological polar surface area (TPSA) is 59.0 Å². The summed E-state index contributed by atoms with van der Waals surface area (Å²) in [7, 11) is 0. The molecule has 2 N–H and O–H groups in total. The van der Waals surface area contributed by atoms with E-state index in [1.807, 2.05) is 37.7 Å². The summed E-state index contributed by atoms with van der Waals surface area (Å²) in [5, 5.41) is 10.4. The van der Waals surface area contributed by atoms with Crippen molar-refractivity contribution in [2.45, 2.75) is 52.7 Å². The number of carbonyl (C=O) groups excluding carboxylic acids is 1. The maximum absolute atomic E-state index is 11.6. The van der Waals surface area contributed by atoms with Crippen LogP contribution in [0.4, 0.5) is 0 Å². The summed E-state index contributed by atoms with van der Waals surface area (Å²) in [6.07, 6.45) is 1.96. The summed E-state index contributed by atoms with van der Waals surface area (Å²) >= 11 is 0. The minimum atomic E-state index is -0.183. The molecule has 102 valence electrons. The molecule has 1 aromatic rings. The molecule has 0 saturated carbocycles. The van der Waals surface area contributed by atoms with Gasteiger partial charge in [0.25, 0.3) is 0 Å². The molecule has 5 heteroatoms. The summed E-state index contributed by atoms with van der Waals surface area (Å²) in [4.78, 5) is 11.6. The minimum absolute atomic E-state index is 0.00536. The van der Waals surface area contributed by atoms with Gasteiger partial charge >= 0.3 is 0 Å². The molecule has 1 rings (SSSR count). The van der Waals surface area contributed by atoms with E-state index in [2.05, 4.69) is 29.6 Å². The molecule has 0 aliphatic carbocycles. The van der Waals surface area contributed by atoms with Crippen molar-refractivity contribution in [1.29, 1.82) is 0 Å². The normalized spacial score (nSPS) is 11.9. The van der Waals surface area contributed by atoms with Crippen LogP contribution in [0.15, 0.2) is 12.3 Å². The molecule has 1 heterocycles. The van der Waals surface area contributed by atoms with Gasteiger partial charge in [-0.05, 0) is 40.7 Å². The number of amides is 1. The lowest BCUT2D eigenvalue weighted by atomic mass is 10.1. The highest BCUT2D eigenvalue weighted by molar-refractivity contribution is 5.78. The molecule has 18 heavy (non-hydrogen) atoms. The van der Waals surface area contributed by atoms with Crippen LogP contribution in [0.2, 0.25) is 0 Å². The Labute approximate surface area is 109 Å². The highest BCUT2D eigenvalue weighted by Crippen LogP contribution is 2.03. The molecular formula is C13H24N4O. The molecule has 0 atom stereocenters. The first-order chi connectivity index (χ1) is 8.28. The fraction of sp³-hybridized carbons (Fsp3) is 0.692. The van der Waals surface area contributed by atoms with Crippen LogP contribution in [-0.4, -0.2) is 27.8 Å². The van der Waals surface area contributed by atoms with Gasteiger partial charge < -0.3 is 10.6 Å². The van der Waals surface area contributed by atoms with E-state index in [-0.39, 0.29) is 11.4 Å². The largest absolute Gasteiger partial charge is 0.350 e. The van der Waals surface area contributed by atoms with Crippen molar-refractivity contribution in [2.24, 2.45) is 0 Å². The number of hydrogen-bond donors (Lipinski definition) is 2. The molecule has 0 aliphatic rings. The molecule has 0 radical (unpaired) electrons. The average Bonchev–Trinajstić information content (AvgIpc) is 2.63. The third-order valence-corrected chi connectivity index (χ3v) is 2.30. The SMILES string of the molecule is CC(C)n1ccc(CNCC(=O)NC(C)(C)C)n1. The van der Waals surface area contributed by atoms with Crippen LogP contribution in [0.5, 0.6) is 0 Å². The number of hydrogen-bond acceptors (Lipinski definition) is 3. The van der Waals surface area contributed by atoms with Crippen LogP contribution in [-0.2, 0) is 11.3 Å². The Balaban J connectivity index is 2.31. The van der Waals surface area contributed by atoms with Crippen LogP contribution < -0.4 is 10.6 Å². The van der Waals surface area contributed by atoms with Gasteiger partial charge in [0.1, 0.15) is 0 Å². The molecule has 0 unspecified atom stereocenters. The van der Waals surface area contributed by atoms with Crippen molar-refractivity contribution < 1.29 is 4.79 Å². The lowest BCUT2D eigenvalue weighted by Gasteiger charge is -2.20. The second kappa shape index (κ2) is 6.00. The third kappa shape index (κ3) is 5.31. The van der Waals surface area contributed by atoms with Crippen molar-refractivity contribution in [1.82, 2.24) is 20.4 Å². The Morgan fingerprint density at radius 1 is 1.44 bits per heavy atom. The van der Waals surface area contributed by atoms with E-state index in [0.29, 0.717) is 19.1 Å². The smallest absolute Gasteiger partial charge is 0.234 e. The second-order valence-electron chi connectivity index (χ2n) is 5.78. The zero-order chi connectivity index (χ0) is 13.8. The van der Waals surface area contributed by atoms with E-state index in [0.717, 1.165) is 5.69 Å². The molecule has 0 aliphatic heterocycles. The van der Waals surface area contributed by atoms with Crippen molar-refractivity contribution in [3.63, 3.8) is 0 Å². The van der Waals surface area contributed by atoms with Crippen molar-refractivity contribution in [3.05, 3.63) is 18.0 Å². The molecule has 0 aromatic carbocycles. The maximum Gasteiger partial charge on any atom is 0.234 e. The average molecular weight is 252 g/mol. The fourth-order valence-electron chi connectivity index (χ4n) is 1.53. The molecule has 1 amide bonds. The van der Waals surface area contributed by atoms with Gasteiger partial charge in [0.05, 0.1) is 12.2 Å². The highest BCUT2D eigenvalue weighted by atomic mass is 16.2. The number of carbonyl (C=O) groups is 1. The number of nitrogens with zero attached hydrogens (tertiary/aromatic N) is 2. The van der Waals surface area contributed by atoms with Crippen LogP contribution in [0.3, 0.4) is 0 Å². The standard InChI is InChI=1S/C13H24N4O/c1-10(2)17-7-6-11(16-17)8-14-9-12(18)15-13(3,4)5/h6-7,10,14H,8-9H2,1-5H3,(H,15,18). The van der Waals surface area contributed by atoms with Crippen LogP contribution in [0.25, 0.3) is 0 Å². The zero-order valence-electron chi connectivity index (χ0n) is 11.9. The Morgan fingerprint density at radius 3 is 2.61 bits per heavy atom. The Bertz CT molecular complexity index is 390. The maximum atomic E-state index is 11.6. The summed E-state index contributed by atoms with van der Waals surface area (Å²) in [6.45, 7) is 11.0. The van der Waals surface area contributed by atoms with E-state index >= 15 is 0 Å². The van der Waals surface area contributed by atoms with Gasteiger partial charge in [-0.25, -0.2) is 0 Å².